The molecule has 1 aliphatic rings. The largest absolute Gasteiger partial charge is 0.391 e. The third-order valence-electron chi connectivity index (χ3n) is 4.59. The van der Waals surface area contributed by atoms with Crippen molar-refractivity contribution in [2.75, 3.05) is 7.05 Å². The summed E-state index contributed by atoms with van der Waals surface area (Å²) in [5, 5.41) is 10.3. The van der Waals surface area contributed by atoms with Crippen molar-refractivity contribution in [2.24, 2.45) is 5.73 Å². The molecule has 3 N–H and O–H groups in total. The number of nitrogens with two attached hydrogens (primary N) is 1. The van der Waals surface area contributed by atoms with Crippen molar-refractivity contribution in [2.45, 2.75) is 70.2 Å². The van der Waals surface area contributed by atoms with Crippen molar-refractivity contribution in [1.29, 1.82) is 0 Å². The number of hydrogen-bond donors (Lipinski definition) is 2. The first-order valence-electron chi connectivity index (χ1n) is 7.76. The molecule has 0 amide bonds. The molecule has 0 bridgehead atoms. The van der Waals surface area contributed by atoms with Crippen LogP contribution in [0.5, 0.6) is 0 Å². The van der Waals surface area contributed by atoms with Crippen molar-refractivity contribution in [3.63, 3.8) is 0 Å². The van der Waals surface area contributed by atoms with E-state index in [2.05, 4.69) is 37.9 Å². The van der Waals surface area contributed by atoms with Crippen molar-refractivity contribution in [1.82, 2.24) is 4.90 Å². The average molecular weight is 296 g/mol. The highest BCUT2D eigenvalue weighted by Crippen LogP contribution is 2.34. The molecule has 3 nitrogen and oxygen atoms in total. The number of aliphatic hydroxyl groups is 1. The van der Waals surface area contributed by atoms with E-state index in [1.165, 1.54) is 16.2 Å². The summed E-state index contributed by atoms with van der Waals surface area (Å²) >= 11 is 1.83. The number of aliphatic hydroxyl groups excluding tert-OH is 1. The summed E-state index contributed by atoms with van der Waals surface area (Å²) in [4.78, 5) is 4.99. The second-order valence-electron chi connectivity index (χ2n) is 6.05. The Morgan fingerprint density at radius 1 is 1.40 bits per heavy atom. The molecule has 2 rings (SSSR count). The summed E-state index contributed by atoms with van der Waals surface area (Å²) < 4.78 is 0. The zero-order chi connectivity index (χ0) is 14.7. The Morgan fingerprint density at radius 3 is 2.65 bits per heavy atom. The zero-order valence-corrected chi connectivity index (χ0v) is 13.7. The van der Waals surface area contributed by atoms with Crippen LogP contribution in [0, 0.1) is 6.92 Å². The lowest BCUT2D eigenvalue weighted by Crippen LogP contribution is -2.49. The van der Waals surface area contributed by atoms with Crippen LogP contribution in [0.3, 0.4) is 0 Å². The van der Waals surface area contributed by atoms with E-state index in [0.29, 0.717) is 0 Å². The number of rotatable bonds is 5. The molecule has 1 aliphatic carbocycles. The van der Waals surface area contributed by atoms with Crippen molar-refractivity contribution < 1.29 is 5.11 Å². The molecule has 4 unspecified atom stereocenters. The van der Waals surface area contributed by atoms with Gasteiger partial charge in [-0.1, -0.05) is 19.8 Å². The predicted molar refractivity (Wildman–Crippen MR) is 86.1 cm³/mol. The van der Waals surface area contributed by atoms with Crippen LogP contribution in [-0.2, 0) is 0 Å². The van der Waals surface area contributed by atoms with Crippen LogP contribution in [0.25, 0.3) is 0 Å². The van der Waals surface area contributed by atoms with Gasteiger partial charge in [-0.15, -0.1) is 11.3 Å². The standard InChI is InChI=1S/C16H28N2OS/c1-4-12(17)16(15-10-9-11(2)20-15)18(3)13-7-5-6-8-14(13)19/h9-10,12-14,16,19H,4-8,17H2,1-3H3. The lowest BCUT2D eigenvalue weighted by molar-refractivity contribution is 0.00720. The molecule has 20 heavy (non-hydrogen) atoms. The van der Waals surface area contributed by atoms with Crippen molar-refractivity contribution in [3.05, 3.63) is 21.9 Å². The number of likely N-dealkylation sites (N-methyl/N-ethyl adjacent to an activating group) is 1. The summed E-state index contributed by atoms with van der Waals surface area (Å²) in [6, 6.07) is 4.95. The minimum Gasteiger partial charge on any atom is -0.391 e. The molecule has 1 saturated carbocycles. The van der Waals surface area contributed by atoms with Gasteiger partial charge in [-0.25, -0.2) is 0 Å². The molecule has 4 atom stereocenters. The minimum atomic E-state index is -0.207. The summed E-state index contributed by atoms with van der Waals surface area (Å²) in [5.74, 6) is 0. The molecule has 1 aromatic heterocycles. The Kier molecular flexibility index (Phi) is 5.61. The molecule has 0 aliphatic heterocycles. The maximum atomic E-state index is 10.3. The smallest absolute Gasteiger partial charge is 0.0695 e. The maximum absolute atomic E-state index is 10.3. The van der Waals surface area contributed by atoms with E-state index in [9.17, 15) is 5.11 Å². The number of aryl methyl sites for hydroxylation is 1. The summed E-state index contributed by atoms with van der Waals surface area (Å²) in [6.45, 7) is 4.28. The number of nitrogens with zero attached hydrogens (tertiary/aromatic N) is 1. The Labute approximate surface area is 126 Å². The maximum Gasteiger partial charge on any atom is 0.0695 e. The molecule has 1 heterocycles. The fraction of sp³-hybridized carbons (Fsp3) is 0.750. The topological polar surface area (TPSA) is 49.5 Å². The number of hydrogen-bond acceptors (Lipinski definition) is 4. The Balaban J connectivity index is 2.21. The normalized spacial score (nSPS) is 26.7. The molecule has 0 spiro atoms. The van der Waals surface area contributed by atoms with Gasteiger partial charge in [0.05, 0.1) is 12.1 Å². The van der Waals surface area contributed by atoms with Gasteiger partial charge < -0.3 is 10.8 Å². The van der Waals surface area contributed by atoms with Gasteiger partial charge >= 0.3 is 0 Å². The van der Waals surface area contributed by atoms with Crippen LogP contribution < -0.4 is 5.73 Å². The Morgan fingerprint density at radius 2 is 2.10 bits per heavy atom. The first-order chi connectivity index (χ1) is 9.54. The molecule has 0 aromatic carbocycles. The highest BCUT2D eigenvalue weighted by Gasteiger charge is 2.34. The third kappa shape index (κ3) is 3.42. The van der Waals surface area contributed by atoms with E-state index >= 15 is 0 Å². The van der Waals surface area contributed by atoms with Gasteiger partial charge in [0.2, 0.25) is 0 Å². The zero-order valence-electron chi connectivity index (χ0n) is 12.9. The van der Waals surface area contributed by atoms with Crippen LogP contribution in [0.2, 0.25) is 0 Å². The van der Waals surface area contributed by atoms with Gasteiger partial charge in [-0.3, -0.25) is 4.90 Å². The number of thiophene rings is 1. The third-order valence-corrected chi connectivity index (χ3v) is 5.66. The summed E-state index contributed by atoms with van der Waals surface area (Å²) in [7, 11) is 2.13. The lowest BCUT2D eigenvalue weighted by atomic mass is 9.89. The van der Waals surface area contributed by atoms with Gasteiger partial charge in [0, 0.05) is 21.8 Å². The van der Waals surface area contributed by atoms with E-state index in [4.69, 9.17) is 5.73 Å². The van der Waals surface area contributed by atoms with E-state index in [1.54, 1.807) is 0 Å². The SMILES string of the molecule is CCC(N)C(c1ccc(C)s1)N(C)C1CCCCC1O. The molecule has 0 radical (unpaired) electrons. The fourth-order valence-electron chi connectivity index (χ4n) is 3.32. The molecule has 0 saturated heterocycles. The molecule has 1 aromatic rings. The molecule has 114 valence electrons. The second-order valence-corrected chi connectivity index (χ2v) is 7.37. The highest BCUT2D eigenvalue weighted by atomic mass is 32.1. The Hall–Kier alpha value is -0.420. The Bertz CT molecular complexity index is 420. The van der Waals surface area contributed by atoms with Gasteiger partial charge in [0.25, 0.3) is 0 Å². The average Bonchev–Trinajstić information content (AvgIpc) is 2.85. The molecular weight excluding hydrogens is 268 g/mol. The second kappa shape index (κ2) is 7.03. The van der Waals surface area contributed by atoms with Gasteiger partial charge in [-0.2, -0.15) is 0 Å². The summed E-state index contributed by atoms with van der Waals surface area (Å²) in [5.41, 5.74) is 6.39. The first kappa shape index (κ1) is 16.0. The van der Waals surface area contributed by atoms with Gasteiger partial charge in [-0.05, 0) is 45.4 Å². The predicted octanol–water partition coefficient (Wildman–Crippen LogP) is 3.07. The van der Waals surface area contributed by atoms with Crippen LogP contribution in [0.15, 0.2) is 12.1 Å². The molecule has 1 fully saturated rings. The van der Waals surface area contributed by atoms with Gasteiger partial charge in [0.1, 0.15) is 0 Å². The van der Waals surface area contributed by atoms with E-state index in [1.807, 2.05) is 11.3 Å². The van der Waals surface area contributed by atoms with E-state index in [0.717, 1.165) is 25.7 Å². The molecule has 4 heteroatoms. The monoisotopic (exact) mass is 296 g/mol. The van der Waals surface area contributed by atoms with Crippen LogP contribution in [0.4, 0.5) is 0 Å². The quantitative estimate of drug-likeness (QED) is 0.878. The van der Waals surface area contributed by atoms with E-state index < -0.39 is 0 Å². The van der Waals surface area contributed by atoms with Crippen LogP contribution in [0.1, 0.15) is 54.8 Å². The van der Waals surface area contributed by atoms with Crippen molar-refractivity contribution >= 4 is 11.3 Å². The van der Waals surface area contributed by atoms with Crippen LogP contribution in [-0.4, -0.2) is 35.2 Å². The lowest BCUT2D eigenvalue weighted by Gasteiger charge is -2.41. The molecular formula is C16H28N2OS. The fourth-order valence-corrected chi connectivity index (χ4v) is 4.43. The van der Waals surface area contributed by atoms with Crippen LogP contribution >= 0.6 is 11.3 Å². The first-order valence-corrected chi connectivity index (χ1v) is 8.58. The summed E-state index contributed by atoms with van der Waals surface area (Å²) in [6.07, 6.45) is 5.11. The van der Waals surface area contributed by atoms with Crippen molar-refractivity contribution in [3.8, 4) is 0 Å². The minimum absolute atomic E-state index is 0.118. The van der Waals surface area contributed by atoms with E-state index in [-0.39, 0.29) is 24.2 Å². The van der Waals surface area contributed by atoms with Gasteiger partial charge in [0.15, 0.2) is 0 Å². The highest BCUT2D eigenvalue weighted by molar-refractivity contribution is 7.12.